The fourth-order valence-corrected chi connectivity index (χ4v) is 1.63. The van der Waals surface area contributed by atoms with E-state index >= 15 is 0 Å². The van der Waals surface area contributed by atoms with Crippen LogP contribution in [0.15, 0.2) is 0 Å². The van der Waals surface area contributed by atoms with Gasteiger partial charge in [0, 0.05) is 26.1 Å². The molecule has 0 radical (unpaired) electrons. The molecular weight excluding hydrogens is 192 g/mol. The molecule has 0 saturated heterocycles. The average Bonchev–Trinajstić information content (AvgIpc) is 2.10. The Kier molecular flexibility index (Phi) is 5.65. The summed E-state index contributed by atoms with van der Waals surface area (Å²) < 4.78 is 0. The summed E-state index contributed by atoms with van der Waals surface area (Å²) in [5.74, 6) is 0.800. The Labute approximate surface area is 91.4 Å². The molecule has 1 unspecified atom stereocenters. The monoisotopic (exact) mass is 214 g/mol. The molecule has 88 valence electrons. The minimum absolute atomic E-state index is 0.165. The second-order valence-electron chi connectivity index (χ2n) is 4.40. The molecule has 0 aromatic heterocycles. The van der Waals surface area contributed by atoms with Crippen LogP contribution in [-0.4, -0.2) is 36.8 Å². The zero-order valence-corrected chi connectivity index (χ0v) is 9.46. The molecule has 0 spiro atoms. The standard InChI is InChI=1S/C11H22N2O2/c1-9(14)8-12-5-6-13-11(15)7-10-3-2-4-10/h9-10,12,14H,2-8H2,1H3,(H,13,15). The highest BCUT2D eigenvalue weighted by Gasteiger charge is 2.20. The Hall–Kier alpha value is -0.610. The molecule has 1 fully saturated rings. The Morgan fingerprint density at radius 3 is 2.73 bits per heavy atom. The van der Waals surface area contributed by atoms with Gasteiger partial charge in [-0.1, -0.05) is 6.42 Å². The van der Waals surface area contributed by atoms with Gasteiger partial charge in [0.2, 0.25) is 5.91 Å². The van der Waals surface area contributed by atoms with E-state index in [1.54, 1.807) is 6.92 Å². The molecule has 4 heteroatoms. The summed E-state index contributed by atoms with van der Waals surface area (Å²) in [7, 11) is 0. The third-order valence-electron chi connectivity index (χ3n) is 2.76. The van der Waals surface area contributed by atoms with Crippen LogP contribution in [0.3, 0.4) is 0 Å². The van der Waals surface area contributed by atoms with E-state index in [0.717, 1.165) is 6.54 Å². The van der Waals surface area contributed by atoms with Crippen molar-refractivity contribution in [3.8, 4) is 0 Å². The van der Waals surface area contributed by atoms with Crippen LogP contribution in [0, 0.1) is 5.92 Å². The predicted molar refractivity (Wildman–Crippen MR) is 59.5 cm³/mol. The first-order valence-corrected chi connectivity index (χ1v) is 5.84. The normalized spacial score (nSPS) is 18.3. The largest absolute Gasteiger partial charge is 0.392 e. The van der Waals surface area contributed by atoms with E-state index in [4.69, 9.17) is 5.11 Å². The van der Waals surface area contributed by atoms with Crippen molar-refractivity contribution in [2.45, 2.75) is 38.7 Å². The van der Waals surface area contributed by atoms with Gasteiger partial charge in [0.05, 0.1) is 6.10 Å². The van der Waals surface area contributed by atoms with Gasteiger partial charge in [-0.05, 0) is 25.7 Å². The van der Waals surface area contributed by atoms with Crippen molar-refractivity contribution in [1.29, 1.82) is 0 Å². The number of nitrogens with one attached hydrogen (secondary N) is 2. The summed E-state index contributed by atoms with van der Waals surface area (Å²) in [6.07, 6.45) is 4.08. The third kappa shape index (κ3) is 5.74. The number of carbonyl (C=O) groups excluding carboxylic acids is 1. The number of aliphatic hydroxyl groups excluding tert-OH is 1. The molecule has 3 N–H and O–H groups in total. The van der Waals surface area contributed by atoms with Crippen molar-refractivity contribution in [3.05, 3.63) is 0 Å². The van der Waals surface area contributed by atoms with Gasteiger partial charge in [0.25, 0.3) is 0 Å². The first-order chi connectivity index (χ1) is 7.18. The summed E-state index contributed by atoms with van der Waals surface area (Å²) in [4.78, 5) is 11.4. The summed E-state index contributed by atoms with van der Waals surface area (Å²) in [6, 6.07) is 0. The highest BCUT2D eigenvalue weighted by atomic mass is 16.3. The molecule has 0 aromatic carbocycles. The van der Waals surface area contributed by atoms with Gasteiger partial charge in [-0.2, -0.15) is 0 Å². The first-order valence-electron chi connectivity index (χ1n) is 5.84. The number of amides is 1. The lowest BCUT2D eigenvalue weighted by molar-refractivity contribution is -0.122. The molecule has 1 amide bonds. The Balaban J connectivity index is 1.88. The minimum Gasteiger partial charge on any atom is -0.392 e. The molecule has 1 aliphatic rings. The molecule has 1 saturated carbocycles. The van der Waals surface area contributed by atoms with Gasteiger partial charge in [-0.15, -0.1) is 0 Å². The first kappa shape index (κ1) is 12.5. The summed E-state index contributed by atoms with van der Waals surface area (Å²) >= 11 is 0. The SMILES string of the molecule is CC(O)CNCCNC(=O)CC1CCC1. The molecule has 4 nitrogen and oxygen atoms in total. The highest BCUT2D eigenvalue weighted by molar-refractivity contribution is 5.76. The number of carbonyl (C=O) groups is 1. The van der Waals surface area contributed by atoms with Crippen LogP contribution >= 0.6 is 0 Å². The predicted octanol–water partition coefficient (Wildman–Crippen LogP) is 0.263. The number of aliphatic hydroxyl groups is 1. The van der Waals surface area contributed by atoms with Crippen LogP contribution in [0.1, 0.15) is 32.6 Å². The van der Waals surface area contributed by atoms with E-state index in [0.29, 0.717) is 25.4 Å². The lowest BCUT2D eigenvalue weighted by Crippen LogP contribution is -2.35. The van der Waals surface area contributed by atoms with Gasteiger partial charge < -0.3 is 15.7 Å². The minimum atomic E-state index is -0.323. The summed E-state index contributed by atoms with van der Waals surface area (Å²) in [6.45, 7) is 3.69. The molecule has 1 rings (SSSR count). The van der Waals surface area contributed by atoms with Crippen molar-refractivity contribution in [1.82, 2.24) is 10.6 Å². The lowest BCUT2D eigenvalue weighted by atomic mass is 9.83. The quantitative estimate of drug-likeness (QED) is 0.533. The van der Waals surface area contributed by atoms with E-state index in [-0.39, 0.29) is 12.0 Å². The molecule has 15 heavy (non-hydrogen) atoms. The molecule has 0 aromatic rings. The van der Waals surface area contributed by atoms with E-state index in [9.17, 15) is 4.79 Å². The Morgan fingerprint density at radius 2 is 2.20 bits per heavy atom. The van der Waals surface area contributed by atoms with Crippen molar-refractivity contribution >= 4 is 5.91 Å². The van der Waals surface area contributed by atoms with Crippen LogP contribution in [-0.2, 0) is 4.79 Å². The zero-order chi connectivity index (χ0) is 11.1. The van der Waals surface area contributed by atoms with Crippen LogP contribution in [0.4, 0.5) is 0 Å². The summed E-state index contributed by atoms with van der Waals surface area (Å²) in [5, 5.41) is 14.9. The van der Waals surface area contributed by atoms with Gasteiger partial charge >= 0.3 is 0 Å². The Morgan fingerprint density at radius 1 is 1.47 bits per heavy atom. The molecule has 0 heterocycles. The van der Waals surface area contributed by atoms with Crippen LogP contribution in [0.2, 0.25) is 0 Å². The molecule has 0 bridgehead atoms. The number of hydrogen-bond donors (Lipinski definition) is 3. The number of hydrogen-bond acceptors (Lipinski definition) is 3. The topological polar surface area (TPSA) is 61.4 Å². The maximum Gasteiger partial charge on any atom is 0.220 e. The van der Waals surface area contributed by atoms with Crippen molar-refractivity contribution in [2.24, 2.45) is 5.92 Å². The smallest absolute Gasteiger partial charge is 0.220 e. The van der Waals surface area contributed by atoms with Crippen LogP contribution in [0.25, 0.3) is 0 Å². The zero-order valence-electron chi connectivity index (χ0n) is 9.46. The Bertz CT molecular complexity index is 191. The maximum absolute atomic E-state index is 11.4. The van der Waals surface area contributed by atoms with Gasteiger partial charge in [-0.25, -0.2) is 0 Å². The van der Waals surface area contributed by atoms with E-state index in [2.05, 4.69) is 10.6 Å². The van der Waals surface area contributed by atoms with Crippen molar-refractivity contribution < 1.29 is 9.90 Å². The molecule has 1 aliphatic carbocycles. The van der Waals surface area contributed by atoms with Gasteiger partial charge in [-0.3, -0.25) is 4.79 Å². The van der Waals surface area contributed by atoms with Gasteiger partial charge in [0.1, 0.15) is 0 Å². The summed E-state index contributed by atoms with van der Waals surface area (Å²) in [5.41, 5.74) is 0. The van der Waals surface area contributed by atoms with E-state index in [1.165, 1.54) is 19.3 Å². The highest BCUT2D eigenvalue weighted by Crippen LogP contribution is 2.28. The van der Waals surface area contributed by atoms with E-state index < -0.39 is 0 Å². The lowest BCUT2D eigenvalue weighted by Gasteiger charge is -2.24. The van der Waals surface area contributed by atoms with E-state index in [1.807, 2.05) is 0 Å². The fourth-order valence-electron chi connectivity index (χ4n) is 1.63. The second kappa shape index (κ2) is 6.80. The van der Waals surface area contributed by atoms with Crippen LogP contribution < -0.4 is 10.6 Å². The van der Waals surface area contributed by atoms with Gasteiger partial charge in [0.15, 0.2) is 0 Å². The number of rotatable bonds is 7. The van der Waals surface area contributed by atoms with Crippen LogP contribution in [0.5, 0.6) is 0 Å². The molecule has 0 aliphatic heterocycles. The maximum atomic E-state index is 11.4. The van der Waals surface area contributed by atoms with Crippen molar-refractivity contribution in [3.63, 3.8) is 0 Å². The third-order valence-corrected chi connectivity index (χ3v) is 2.76. The fraction of sp³-hybridized carbons (Fsp3) is 0.909. The molecule has 1 atom stereocenters. The average molecular weight is 214 g/mol. The second-order valence-corrected chi connectivity index (χ2v) is 4.40. The molecular formula is C11H22N2O2. The van der Waals surface area contributed by atoms with Crippen molar-refractivity contribution in [2.75, 3.05) is 19.6 Å².